The third-order valence-corrected chi connectivity index (χ3v) is 5.19. The molecule has 0 aromatic carbocycles. The summed E-state index contributed by atoms with van der Waals surface area (Å²) in [7, 11) is 0. The van der Waals surface area contributed by atoms with Crippen LogP contribution in [0.2, 0.25) is 0 Å². The second-order valence-electron chi connectivity index (χ2n) is 6.80. The Balaban J connectivity index is 1.48. The fraction of sp³-hybridized carbons (Fsp3) is 0.588. The lowest BCUT2D eigenvalue weighted by Gasteiger charge is -2.33. The van der Waals surface area contributed by atoms with E-state index in [2.05, 4.69) is 38.1 Å². The highest BCUT2D eigenvalue weighted by atomic mass is 16.5. The van der Waals surface area contributed by atoms with Gasteiger partial charge >= 0.3 is 0 Å². The van der Waals surface area contributed by atoms with Crippen LogP contribution in [0.25, 0.3) is 0 Å². The standard InChI is InChI=1S/C17H24N6O/c1-11-9-19-22-16(11)12-2-5-23(6-3-12)15-8-14(20-17(18)21-15)13-4-7-24-10-13/h8-9,12-13H,2-7,10H2,1H3,(H,19,22)(H2,18,20,21)/t13-/m0/s1. The summed E-state index contributed by atoms with van der Waals surface area (Å²) in [5.41, 5.74) is 9.50. The Hall–Kier alpha value is -2.15. The summed E-state index contributed by atoms with van der Waals surface area (Å²) in [5.74, 6) is 2.20. The molecular formula is C17H24N6O. The zero-order chi connectivity index (χ0) is 16.5. The van der Waals surface area contributed by atoms with E-state index in [-0.39, 0.29) is 0 Å². The maximum Gasteiger partial charge on any atom is 0.222 e. The fourth-order valence-electron chi connectivity index (χ4n) is 3.78. The lowest BCUT2D eigenvalue weighted by Crippen LogP contribution is -2.34. The van der Waals surface area contributed by atoms with E-state index in [0.29, 0.717) is 17.8 Å². The summed E-state index contributed by atoms with van der Waals surface area (Å²) >= 11 is 0. The molecule has 4 rings (SSSR count). The lowest BCUT2D eigenvalue weighted by atomic mass is 9.91. The predicted molar refractivity (Wildman–Crippen MR) is 92.1 cm³/mol. The topological polar surface area (TPSA) is 93.0 Å². The van der Waals surface area contributed by atoms with Crippen LogP contribution in [0.4, 0.5) is 11.8 Å². The molecule has 2 aliphatic heterocycles. The van der Waals surface area contributed by atoms with Gasteiger partial charge in [0.05, 0.1) is 18.5 Å². The van der Waals surface area contributed by atoms with Crippen LogP contribution in [0.5, 0.6) is 0 Å². The van der Waals surface area contributed by atoms with Gasteiger partial charge in [-0.25, -0.2) is 4.98 Å². The van der Waals surface area contributed by atoms with Crippen LogP contribution in [-0.4, -0.2) is 46.5 Å². The number of rotatable bonds is 3. The molecule has 4 heterocycles. The molecule has 24 heavy (non-hydrogen) atoms. The first-order chi connectivity index (χ1) is 11.7. The molecule has 0 amide bonds. The molecule has 0 radical (unpaired) electrons. The summed E-state index contributed by atoms with van der Waals surface area (Å²) in [6.07, 6.45) is 5.10. The number of piperidine rings is 1. The number of hydrogen-bond acceptors (Lipinski definition) is 6. The van der Waals surface area contributed by atoms with Gasteiger partial charge < -0.3 is 15.4 Å². The maximum absolute atomic E-state index is 5.96. The highest BCUT2D eigenvalue weighted by Gasteiger charge is 2.26. The molecule has 0 spiro atoms. The van der Waals surface area contributed by atoms with Crippen molar-refractivity contribution in [1.29, 1.82) is 0 Å². The number of H-pyrrole nitrogens is 1. The largest absolute Gasteiger partial charge is 0.381 e. The Morgan fingerprint density at radius 1 is 1.21 bits per heavy atom. The van der Waals surface area contributed by atoms with Crippen LogP contribution in [-0.2, 0) is 4.74 Å². The van der Waals surface area contributed by atoms with Crippen LogP contribution in [0.3, 0.4) is 0 Å². The zero-order valence-electron chi connectivity index (χ0n) is 14.0. The Kier molecular flexibility index (Phi) is 4.10. The van der Waals surface area contributed by atoms with Gasteiger partial charge in [0.1, 0.15) is 5.82 Å². The molecule has 3 N–H and O–H groups in total. The molecule has 2 aromatic rings. The molecule has 0 aliphatic carbocycles. The average Bonchev–Trinajstić information content (AvgIpc) is 3.26. The van der Waals surface area contributed by atoms with Gasteiger partial charge in [0.25, 0.3) is 0 Å². The van der Waals surface area contributed by atoms with E-state index in [1.807, 2.05) is 6.20 Å². The number of nitrogens with zero attached hydrogens (tertiary/aromatic N) is 4. The number of hydrogen-bond donors (Lipinski definition) is 2. The second-order valence-corrected chi connectivity index (χ2v) is 6.80. The number of ether oxygens (including phenoxy) is 1. The minimum absolute atomic E-state index is 0.347. The molecule has 7 heteroatoms. The molecule has 2 fully saturated rings. The van der Waals surface area contributed by atoms with E-state index in [4.69, 9.17) is 10.5 Å². The summed E-state index contributed by atoms with van der Waals surface area (Å²) in [4.78, 5) is 11.2. The van der Waals surface area contributed by atoms with E-state index < -0.39 is 0 Å². The monoisotopic (exact) mass is 328 g/mol. The first-order valence-corrected chi connectivity index (χ1v) is 8.67. The number of aromatic nitrogens is 4. The lowest BCUT2D eigenvalue weighted by molar-refractivity contribution is 0.193. The predicted octanol–water partition coefficient (Wildman–Crippen LogP) is 1.98. The van der Waals surface area contributed by atoms with Crippen molar-refractivity contribution in [3.05, 3.63) is 29.2 Å². The van der Waals surface area contributed by atoms with Crippen molar-refractivity contribution in [1.82, 2.24) is 20.2 Å². The number of nitrogens with two attached hydrogens (primary N) is 1. The van der Waals surface area contributed by atoms with Gasteiger partial charge in [-0.15, -0.1) is 0 Å². The molecular weight excluding hydrogens is 304 g/mol. The Labute approximate surface area is 141 Å². The Morgan fingerprint density at radius 2 is 2.04 bits per heavy atom. The first kappa shape index (κ1) is 15.4. The quantitative estimate of drug-likeness (QED) is 0.895. The van der Waals surface area contributed by atoms with Crippen molar-refractivity contribution in [2.75, 3.05) is 36.9 Å². The van der Waals surface area contributed by atoms with Crippen LogP contribution < -0.4 is 10.6 Å². The number of nitrogens with one attached hydrogen (secondary N) is 1. The van der Waals surface area contributed by atoms with Crippen molar-refractivity contribution >= 4 is 11.8 Å². The molecule has 0 bridgehead atoms. The number of anilines is 2. The van der Waals surface area contributed by atoms with E-state index in [0.717, 1.165) is 57.1 Å². The smallest absolute Gasteiger partial charge is 0.222 e. The maximum atomic E-state index is 5.96. The summed E-state index contributed by atoms with van der Waals surface area (Å²) in [6.45, 7) is 5.60. The van der Waals surface area contributed by atoms with Crippen molar-refractivity contribution in [3.8, 4) is 0 Å². The van der Waals surface area contributed by atoms with Crippen molar-refractivity contribution in [2.24, 2.45) is 0 Å². The van der Waals surface area contributed by atoms with Crippen LogP contribution in [0, 0.1) is 6.92 Å². The normalized spacial score (nSPS) is 22.2. The van der Waals surface area contributed by atoms with Gasteiger partial charge in [0.15, 0.2) is 0 Å². The van der Waals surface area contributed by atoms with E-state index in [9.17, 15) is 0 Å². The highest BCUT2D eigenvalue weighted by molar-refractivity contribution is 5.45. The van der Waals surface area contributed by atoms with Crippen molar-refractivity contribution < 1.29 is 4.74 Å². The van der Waals surface area contributed by atoms with E-state index in [1.54, 1.807) is 0 Å². The number of nitrogen functional groups attached to an aromatic ring is 1. The van der Waals surface area contributed by atoms with Gasteiger partial charge in [-0.2, -0.15) is 10.1 Å². The second kappa shape index (κ2) is 6.39. The van der Waals surface area contributed by atoms with Crippen molar-refractivity contribution in [2.45, 2.75) is 38.0 Å². The zero-order valence-corrected chi connectivity index (χ0v) is 14.0. The summed E-state index contributed by atoms with van der Waals surface area (Å²) < 4.78 is 5.48. The minimum Gasteiger partial charge on any atom is -0.381 e. The van der Waals surface area contributed by atoms with E-state index in [1.165, 1.54) is 11.3 Å². The molecule has 7 nitrogen and oxygen atoms in total. The van der Waals surface area contributed by atoms with Crippen LogP contribution in [0.1, 0.15) is 48.0 Å². The summed E-state index contributed by atoms with van der Waals surface area (Å²) in [6, 6.07) is 2.09. The fourth-order valence-corrected chi connectivity index (χ4v) is 3.78. The molecule has 0 unspecified atom stereocenters. The average molecular weight is 328 g/mol. The van der Waals surface area contributed by atoms with Gasteiger partial charge in [0.2, 0.25) is 5.95 Å². The SMILES string of the molecule is Cc1cn[nH]c1C1CCN(c2cc([C@H]3CCOC3)nc(N)n2)CC1. The molecule has 128 valence electrons. The van der Waals surface area contributed by atoms with Gasteiger partial charge in [0, 0.05) is 43.3 Å². The first-order valence-electron chi connectivity index (χ1n) is 8.67. The molecule has 2 aliphatic rings. The van der Waals surface area contributed by atoms with Crippen LogP contribution in [0.15, 0.2) is 12.3 Å². The van der Waals surface area contributed by atoms with E-state index >= 15 is 0 Å². The van der Waals surface area contributed by atoms with Gasteiger partial charge in [-0.3, -0.25) is 5.10 Å². The molecule has 1 atom stereocenters. The number of aromatic amines is 1. The number of aryl methyl sites for hydroxylation is 1. The third-order valence-electron chi connectivity index (χ3n) is 5.19. The van der Waals surface area contributed by atoms with Gasteiger partial charge in [-0.05, 0) is 31.7 Å². The third kappa shape index (κ3) is 2.96. The minimum atomic E-state index is 0.347. The molecule has 0 saturated carbocycles. The van der Waals surface area contributed by atoms with Crippen molar-refractivity contribution in [3.63, 3.8) is 0 Å². The Morgan fingerprint density at radius 3 is 2.71 bits per heavy atom. The molecule has 2 saturated heterocycles. The van der Waals surface area contributed by atoms with Gasteiger partial charge in [-0.1, -0.05) is 0 Å². The highest BCUT2D eigenvalue weighted by Crippen LogP contribution is 2.32. The van der Waals surface area contributed by atoms with Crippen LogP contribution >= 0.6 is 0 Å². The molecule has 2 aromatic heterocycles. The Bertz CT molecular complexity index is 701. The summed E-state index contributed by atoms with van der Waals surface area (Å²) in [5, 5.41) is 7.31.